The number of benzene rings is 1. The van der Waals surface area contributed by atoms with Crippen LogP contribution in [0.25, 0.3) is 0 Å². The molecule has 0 spiro atoms. The molecule has 0 bridgehead atoms. The summed E-state index contributed by atoms with van der Waals surface area (Å²) in [5.41, 5.74) is 2.58. The number of ether oxygens (including phenoxy) is 1. The van der Waals surface area contributed by atoms with Gasteiger partial charge < -0.3 is 10.1 Å². The third-order valence-electron chi connectivity index (χ3n) is 2.44. The van der Waals surface area contributed by atoms with Gasteiger partial charge in [-0.15, -0.1) is 11.3 Å². The van der Waals surface area contributed by atoms with Gasteiger partial charge in [0.15, 0.2) is 0 Å². The van der Waals surface area contributed by atoms with Gasteiger partial charge in [0.25, 0.3) is 0 Å². The second kappa shape index (κ2) is 6.19. The van der Waals surface area contributed by atoms with Crippen molar-refractivity contribution >= 4 is 27.3 Å². The fourth-order valence-electron chi connectivity index (χ4n) is 1.53. The SMILES string of the molecule is COc1ccc(CNCc2csc(Br)c2)cc1. The van der Waals surface area contributed by atoms with Crippen molar-refractivity contribution < 1.29 is 4.74 Å². The number of halogens is 1. The average molecular weight is 312 g/mol. The van der Waals surface area contributed by atoms with Crippen LogP contribution in [0.3, 0.4) is 0 Å². The van der Waals surface area contributed by atoms with Crippen LogP contribution in [0, 0.1) is 0 Å². The summed E-state index contributed by atoms with van der Waals surface area (Å²) in [6.45, 7) is 1.77. The molecule has 0 amide bonds. The standard InChI is InChI=1S/C13H14BrNOS/c1-16-12-4-2-10(3-5-12)7-15-8-11-6-13(14)17-9-11/h2-6,9,15H,7-8H2,1H3. The van der Waals surface area contributed by atoms with Crippen molar-refractivity contribution in [1.82, 2.24) is 5.32 Å². The maximum Gasteiger partial charge on any atom is 0.118 e. The van der Waals surface area contributed by atoms with Gasteiger partial charge in [-0.1, -0.05) is 12.1 Å². The number of nitrogens with one attached hydrogen (secondary N) is 1. The van der Waals surface area contributed by atoms with Gasteiger partial charge in [-0.05, 0) is 50.6 Å². The summed E-state index contributed by atoms with van der Waals surface area (Å²) in [4.78, 5) is 0. The fourth-order valence-corrected chi connectivity index (χ4v) is 2.74. The van der Waals surface area contributed by atoms with E-state index in [2.05, 4.69) is 44.8 Å². The second-order valence-electron chi connectivity index (χ2n) is 3.71. The van der Waals surface area contributed by atoms with E-state index in [0.29, 0.717) is 0 Å². The van der Waals surface area contributed by atoms with Crippen molar-refractivity contribution in [3.05, 3.63) is 50.6 Å². The van der Waals surface area contributed by atoms with E-state index in [1.807, 2.05) is 12.1 Å². The third kappa shape index (κ3) is 3.84. The highest BCUT2D eigenvalue weighted by Gasteiger charge is 1.98. The molecule has 1 aromatic heterocycles. The number of thiophene rings is 1. The number of methoxy groups -OCH3 is 1. The molecule has 0 aliphatic heterocycles. The predicted octanol–water partition coefficient (Wildman–Crippen LogP) is 3.81. The van der Waals surface area contributed by atoms with Gasteiger partial charge in [0, 0.05) is 13.1 Å². The van der Waals surface area contributed by atoms with Crippen LogP contribution in [0.15, 0.2) is 39.5 Å². The first kappa shape index (κ1) is 12.6. The quantitative estimate of drug-likeness (QED) is 0.906. The van der Waals surface area contributed by atoms with E-state index in [1.165, 1.54) is 14.9 Å². The van der Waals surface area contributed by atoms with E-state index < -0.39 is 0 Å². The summed E-state index contributed by atoms with van der Waals surface area (Å²) >= 11 is 5.18. The third-order valence-corrected chi connectivity index (χ3v) is 3.99. The van der Waals surface area contributed by atoms with Crippen LogP contribution in [-0.2, 0) is 13.1 Å². The smallest absolute Gasteiger partial charge is 0.118 e. The van der Waals surface area contributed by atoms with E-state index in [-0.39, 0.29) is 0 Å². The zero-order chi connectivity index (χ0) is 12.1. The Kier molecular flexibility index (Phi) is 4.59. The van der Waals surface area contributed by atoms with Gasteiger partial charge in [0.05, 0.1) is 10.9 Å². The van der Waals surface area contributed by atoms with Gasteiger partial charge in [0.1, 0.15) is 5.75 Å². The average Bonchev–Trinajstić information content (AvgIpc) is 2.76. The first-order chi connectivity index (χ1) is 8.28. The van der Waals surface area contributed by atoms with Crippen LogP contribution >= 0.6 is 27.3 Å². The zero-order valence-corrected chi connectivity index (χ0v) is 12.0. The molecule has 0 saturated carbocycles. The fraction of sp³-hybridized carbons (Fsp3) is 0.231. The lowest BCUT2D eigenvalue weighted by Crippen LogP contribution is -2.11. The van der Waals surface area contributed by atoms with E-state index in [0.717, 1.165) is 18.8 Å². The molecular formula is C13H14BrNOS. The lowest BCUT2D eigenvalue weighted by atomic mass is 10.2. The molecule has 1 heterocycles. The number of rotatable bonds is 5. The van der Waals surface area contributed by atoms with Crippen molar-refractivity contribution in [1.29, 1.82) is 0 Å². The Morgan fingerprint density at radius 2 is 1.88 bits per heavy atom. The molecule has 2 nitrogen and oxygen atoms in total. The normalized spacial score (nSPS) is 10.5. The minimum Gasteiger partial charge on any atom is -0.497 e. The summed E-state index contributed by atoms with van der Waals surface area (Å²) in [6, 6.07) is 10.3. The van der Waals surface area contributed by atoms with Crippen LogP contribution in [0.4, 0.5) is 0 Å². The van der Waals surface area contributed by atoms with Gasteiger partial charge in [0.2, 0.25) is 0 Å². The Morgan fingerprint density at radius 1 is 1.18 bits per heavy atom. The number of hydrogen-bond donors (Lipinski definition) is 1. The van der Waals surface area contributed by atoms with Gasteiger partial charge in [-0.25, -0.2) is 0 Å². The van der Waals surface area contributed by atoms with E-state index in [1.54, 1.807) is 18.4 Å². The lowest BCUT2D eigenvalue weighted by molar-refractivity contribution is 0.414. The van der Waals surface area contributed by atoms with Gasteiger partial charge in [-0.2, -0.15) is 0 Å². The molecule has 0 aliphatic carbocycles. The topological polar surface area (TPSA) is 21.3 Å². The molecule has 0 fully saturated rings. The highest BCUT2D eigenvalue weighted by molar-refractivity contribution is 9.11. The Bertz CT molecular complexity index is 467. The van der Waals surface area contributed by atoms with Crippen molar-refractivity contribution in [2.24, 2.45) is 0 Å². The summed E-state index contributed by atoms with van der Waals surface area (Å²) < 4.78 is 6.30. The van der Waals surface area contributed by atoms with Crippen LogP contribution in [-0.4, -0.2) is 7.11 Å². The molecular weight excluding hydrogens is 298 g/mol. The highest BCUT2D eigenvalue weighted by atomic mass is 79.9. The molecule has 1 N–H and O–H groups in total. The number of hydrogen-bond acceptors (Lipinski definition) is 3. The van der Waals surface area contributed by atoms with Crippen LogP contribution in [0.5, 0.6) is 5.75 Å². The molecule has 0 unspecified atom stereocenters. The molecule has 0 aliphatic rings. The van der Waals surface area contributed by atoms with E-state index in [9.17, 15) is 0 Å². The first-order valence-electron chi connectivity index (χ1n) is 5.34. The minimum atomic E-state index is 0.872. The van der Waals surface area contributed by atoms with E-state index >= 15 is 0 Å². The Morgan fingerprint density at radius 3 is 2.47 bits per heavy atom. The van der Waals surface area contributed by atoms with Crippen LogP contribution in [0.2, 0.25) is 0 Å². The minimum absolute atomic E-state index is 0.872. The van der Waals surface area contributed by atoms with Crippen molar-refractivity contribution in [3.63, 3.8) is 0 Å². The van der Waals surface area contributed by atoms with Crippen molar-refractivity contribution in [2.75, 3.05) is 7.11 Å². The highest BCUT2D eigenvalue weighted by Crippen LogP contribution is 2.20. The first-order valence-corrected chi connectivity index (χ1v) is 7.02. The molecule has 2 rings (SSSR count). The summed E-state index contributed by atoms with van der Waals surface area (Å²) in [5.74, 6) is 0.899. The van der Waals surface area contributed by atoms with Crippen molar-refractivity contribution in [3.8, 4) is 5.75 Å². The van der Waals surface area contributed by atoms with Crippen LogP contribution < -0.4 is 10.1 Å². The summed E-state index contributed by atoms with van der Waals surface area (Å²) in [6.07, 6.45) is 0. The monoisotopic (exact) mass is 311 g/mol. The molecule has 0 radical (unpaired) electrons. The molecule has 90 valence electrons. The maximum absolute atomic E-state index is 5.12. The molecule has 0 atom stereocenters. The molecule has 4 heteroatoms. The largest absolute Gasteiger partial charge is 0.497 e. The van der Waals surface area contributed by atoms with Crippen LogP contribution in [0.1, 0.15) is 11.1 Å². The molecule has 17 heavy (non-hydrogen) atoms. The Hall–Kier alpha value is -0.840. The molecule has 0 saturated heterocycles. The summed E-state index contributed by atoms with van der Waals surface area (Å²) in [7, 11) is 1.68. The molecule has 2 aromatic rings. The summed E-state index contributed by atoms with van der Waals surface area (Å²) in [5, 5.41) is 5.57. The Balaban J connectivity index is 1.81. The zero-order valence-electron chi connectivity index (χ0n) is 9.57. The van der Waals surface area contributed by atoms with E-state index in [4.69, 9.17) is 4.74 Å². The second-order valence-corrected chi connectivity index (χ2v) is 6.00. The molecule has 1 aromatic carbocycles. The maximum atomic E-state index is 5.12. The van der Waals surface area contributed by atoms with Crippen molar-refractivity contribution in [2.45, 2.75) is 13.1 Å². The predicted molar refractivity (Wildman–Crippen MR) is 75.6 cm³/mol. The van der Waals surface area contributed by atoms with Gasteiger partial charge >= 0.3 is 0 Å². The Labute approximate surface area is 114 Å². The lowest BCUT2D eigenvalue weighted by Gasteiger charge is -2.05. The van der Waals surface area contributed by atoms with Gasteiger partial charge in [-0.3, -0.25) is 0 Å².